The quantitative estimate of drug-likeness (QED) is 0.246. The first-order valence-corrected chi connectivity index (χ1v) is 11.9. The summed E-state index contributed by atoms with van der Waals surface area (Å²) in [5, 5.41) is 0.838. The minimum atomic E-state index is -0.411. The van der Waals surface area contributed by atoms with Gasteiger partial charge >= 0.3 is 5.63 Å². The molecule has 188 valence electrons. The highest BCUT2D eigenvalue weighted by Gasteiger charge is 2.17. The Hall–Kier alpha value is -5.11. The second-order valence-corrected chi connectivity index (χ2v) is 8.73. The van der Waals surface area contributed by atoms with E-state index >= 15 is 0 Å². The van der Waals surface area contributed by atoms with Crippen molar-refractivity contribution in [1.29, 1.82) is 0 Å². The second kappa shape index (κ2) is 9.40. The molecule has 0 saturated carbocycles. The van der Waals surface area contributed by atoms with Crippen LogP contribution in [-0.4, -0.2) is 28.6 Å². The number of hydrogen-bond donors (Lipinski definition) is 0. The Balaban J connectivity index is 1.50. The minimum Gasteiger partial charge on any atom is -0.497 e. The number of aromatic nitrogens is 3. The fourth-order valence-corrected chi connectivity index (χ4v) is 4.39. The molecule has 0 radical (unpaired) electrons. The topological polar surface area (TPSA) is 88.1 Å². The van der Waals surface area contributed by atoms with E-state index in [1.54, 1.807) is 26.5 Å². The molecule has 0 aliphatic heterocycles. The van der Waals surface area contributed by atoms with E-state index in [2.05, 4.69) is 4.98 Å². The first-order valence-electron chi connectivity index (χ1n) is 11.9. The molecule has 8 nitrogen and oxygen atoms in total. The molecular weight excluding hydrogens is 482 g/mol. The third-order valence-electron chi connectivity index (χ3n) is 6.37. The van der Waals surface area contributed by atoms with E-state index in [0.717, 1.165) is 39.3 Å². The van der Waals surface area contributed by atoms with E-state index in [4.69, 9.17) is 23.6 Å². The maximum Gasteiger partial charge on any atom is 0.336 e. The fraction of sp³-hybridized carbons (Fsp3) is 0.100. The second-order valence-electron chi connectivity index (χ2n) is 8.73. The van der Waals surface area contributed by atoms with Crippen molar-refractivity contribution in [2.45, 2.75) is 6.92 Å². The maximum absolute atomic E-state index is 11.9. The Kier molecular flexibility index (Phi) is 5.76. The largest absolute Gasteiger partial charge is 0.497 e. The average molecular weight is 506 g/mol. The number of hydrogen-bond acceptors (Lipinski definition) is 7. The summed E-state index contributed by atoms with van der Waals surface area (Å²) in [6.07, 6.45) is 3.71. The van der Waals surface area contributed by atoms with Crippen LogP contribution < -0.4 is 19.8 Å². The van der Waals surface area contributed by atoms with Gasteiger partial charge < -0.3 is 18.6 Å². The number of ether oxygens (including phenoxy) is 3. The molecule has 0 atom stereocenters. The molecule has 3 aromatic carbocycles. The zero-order valence-electron chi connectivity index (χ0n) is 21.0. The molecule has 6 aromatic rings. The van der Waals surface area contributed by atoms with E-state index in [9.17, 15) is 4.79 Å². The smallest absolute Gasteiger partial charge is 0.336 e. The number of methoxy groups -OCH3 is 2. The standard InChI is InChI=1S/C30H23N3O5/c1-18-14-28(34)38-27-15-23(12-13-24(18)27)37-30-29-31-16-26(20-6-10-22(36-3)11-7-20)33(29)17-25(32-30)19-4-8-21(35-2)9-5-19/h4-17H,1-3H3. The molecule has 0 aliphatic carbocycles. The van der Waals surface area contributed by atoms with Crippen molar-refractivity contribution in [3.8, 4) is 45.6 Å². The lowest BCUT2D eigenvalue weighted by Crippen LogP contribution is -2.00. The van der Waals surface area contributed by atoms with Crippen molar-refractivity contribution >= 4 is 16.6 Å². The van der Waals surface area contributed by atoms with Crippen molar-refractivity contribution in [3.63, 3.8) is 0 Å². The highest BCUT2D eigenvalue weighted by atomic mass is 16.5. The SMILES string of the molecule is COc1ccc(-c2cn3c(-c4ccc(OC)cc4)cnc3c(Oc3ccc4c(C)cc(=O)oc4c3)n2)cc1. The lowest BCUT2D eigenvalue weighted by molar-refractivity contribution is 0.414. The van der Waals surface area contributed by atoms with Crippen LogP contribution in [0.3, 0.4) is 0 Å². The predicted molar refractivity (Wildman–Crippen MR) is 144 cm³/mol. The molecule has 0 fully saturated rings. The summed E-state index contributed by atoms with van der Waals surface area (Å²) in [6.45, 7) is 1.87. The lowest BCUT2D eigenvalue weighted by atomic mass is 10.1. The average Bonchev–Trinajstić information content (AvgIpc) is 3.37. The van der Waals surface area contributed by atoms with Crippen LogP contribution >= 0.6 is 0 Å². The van der Waals surface area contributed by atoms with E-state index < -0.39 is 5.63 Å². The molecule has 0 spiro atoms. The summed E-state index contributed by atoms with van der Waals surface area (Å²) in [5.74, 6) is 2.31. The number of aryl methyl sites for hydroxylation is 1. The molecule has 8 heteroatoms. The molecule has 3 heterocycles. The van der Waals surface area contributed by atoms with Crippen molar-refractivity contribution < 1.29 is 18.6 Å². The molecule has 3 aromatic heterocycles. The number of imidazole rings is 1. The van der Waals surface area contributed by atoms with Gasteiger partial charge in [0.25, 0.3) is 5.88 Å². The van der Waals surface area contributed by atoms with E-state index in [0.29, 0.717) is 28.6 Å². The summed E-state index contributed by atoms with van der Waals surface area (Å²) in [5.41, 5.74) is 4.80. The van der Waals surface area contributed by atoms with Crippen LogP contribution in [-0.2, 0) is 0 Å². The monoisotopic (exact) mass is 505 g/mol. The van der Waals surface area contributed by atoms with Gasteiger partial charge in [0.15, 0.2) is 0 Å². The van der Waals surface area contributed by atoms with Crippen LogP contribution in [0.15, 0.2) is 94.4 Å². The minimum absolute atomic E-state index is 0.312. The van der Waals surface area contributed by atoms with Crippen LogP contribution in [0.1, 0.15) is 5.56 Å². The first-order chi connectivity index (χ1) is 18.5. The molecule has 0 unspecified atom stereocenters. The van der Waals surface area contributed by atoms with Crippen molar-refractivity contribution in [3.05, 3.63) is 101 Å². The highest BCUT2D eigenvalue weighted by molar-refractivity contribution is 5.81. The summed E-state index contributed by atoms with van der Waals surface area (Å²) < 4.78 is 24.3. The Bertz CT molecular complexity index is 1840. The van der Waals surface area contributed by atoms with Gasteiger partial charge in [0.1, 0.15) is 22.8 Å². The molecule has 0 bridgehead atoms. The third kappa shape index (κ3) is 4.22. The van der Waals surface area contributed by atoms with Crippen LogP contribution in [0.4, 0.5) is 0 Å². The lowest BCUT2D eigenvalue weighted by Gasteiger charge is -2.12. The Morgan fingerprint density at radius 1 is 0.816 bits per heavy atom. The highest BCUT2D eigenvalue weighted by Crippen LogP contribution is 2.33. The molecule has 38 heavy (non-hydrogen) atoms. The predicted octanol–water partition coefficient (Wildman–Crippen LogP) is 6.29. The molecular formula is C30H23N3O5. The van der Waals surface area contributed by atoms with Crippen LogP contribution in [0.2, 0.25) is 0 Å². The molecule has 0 aliphatic rings. The molecule has 0 amide bonds. The molecule has 6 rings (SSSR count). The van der Waals surface area contributed by atoms with E-state index in [1.165, 1.54) is 6.07 Å². The van der Waals surface area contributed by atoms with Gasteiger partial charge in [-0.1, -0.05) is 0 Å². The Morgan fingerprint density at radius 3 is 2.16 bits per heavy atom. The van der Waals surface area contributed by atoms with Crippen LogP contribution in [0.5, 0.6) is 23.1 Å². The van der Waals surface area contributed by atoms with Gasteiger partial charge in [-0.05, 0) is 73.2 Å². The zero-order valence-corrected chi connectivity index (χ0v) is 21.0. The first kappa shape index (κ1) is 23.3. The zero-order chi connectivity index (χ0) is 26.2. The van der Waals surface area contributed by atoms with Crippen molar-refractivity contribution in [1.82, 2.24) is 14.4 Å². The fourth-order valence-electron chi connectivity index (χ4n) is 4.39. The Labute approximate surface area is 217 Å². The van der Waals surface area contributed by atoms with Gasteiger partial charge in [-0.25, -0.2) is 14.8 Å². The normalized spacial score (nSPS) is 11.1. The Morgan fingerprint density at radius 2 is 1.47 bits per heavy atom. The van der Waals surface area contributed by atoms with Gasteiger partial charge in [-0.3, -0.25) is 4.40 Å². The van der Waals surface area contributed by atoms with Gasteiger partial charge in [0.05, 0.1) is 31.8 Å². The summed E-state index contributed by atoms with van der Waals surface area (Å²) >= 11 is 0. The number of rotatable bonds is 6. The molecule has 0 N–H and O–H groups in total. The van der Waals surface area contributed by atoms with Crippen LogP contribution in [0.25, 0.3) is 39.1 Å². The maximum atomic E-state index is 11.9. The number of benzene rings is 3. The third-order valence-corrected chi connectivity index (χ3v) is 6.37. The van der Waals surface area contributed by atoms with Crippen molar-refractivity contribution in [2.75, 3.05) is 14.2 Å². The van der Waals surface area contributed by atoms with Gasteiger partial charge in [0.2, 0.25) is 5.65 Å². The van der Waals surface area contributed by atoms with Gasteiger partial charge in [-0.15, -0.1) is 0 Å². The summed E-state index contributed by atoms with van der Waals surface area (Å²) in [4.78, 5) is 21.4. The van der Waals surface area contributed by atoms with Gasteiger partial charge in [0, 0.05) is 34.8 Å². The van der Waals surface area contributed by atoms with Crippen molar-refractivity contribution in [2.24, 2.45) is 0 Å². The van der Waals surface area contributed by atoms with E-state index in [-0.39, 0.29) is 0 Å². The van der Waals surface area contributed by atoms with Crippen LogP contribution in [0, 0.1) is 6.92 Å². The summed E-state index contributed by atoms with van der Waals surface area (Å²) in [7, 11) is 3.27. The summed E-state index contributed by atoms with van der Waals surface area (Å²) in [6, 6.07) is 22.2. The number of fused-ring (bicyclic) bond motifs is 2. The van der Waals surface area contributed by atoms with Gasteiger partial charge in [-0.2, -0.15) is 0 Å². The molecule has 0 saturated heterocycles. The van der Waals surface area contributed by atoms with E-state index in [1.807, 2.05) is 78.2 Å². The number of nitrogens with zero attached hydrogens (tertiary/aromatic N) is 3.